The third-order valence-corrected chi connectivity index (χ3v) is 6.18. The fourth-order valence-corrected chi connectivity index (χ4v) is 4.49. The van der Waals surface area contributed by atoms with Crippen LogP contribution in [0.4, 0.5) is 0 Å². The van der Waals surface area contributed by atoms with Crippen molar-refractivity contribution in [3.8, 4) is 23.0 Å². The van der Waals surface area contributed by atoms with Crippen molar-refractivity contribution in [3.63, 3.8) is 0 Å². The number of pyridine rings is 1. The van der Waals surface area contributed by atoms with E-state index in [1.807, 2.05) is 41.1 Å². The molecule has 0 saturated carbocycles. The Balaban J connectivity index is 1.16. The molecule has 2 saturated heterocycles. The van der Waals surface area contributed by atoms with Crippen molar-refractivity contribution in [3.05, 3.63) is 54.1 Å². The van der Waals surface area contributed by atoms with Gasteiger partial charge in [-0.1, -0.05) is 11.6 Å². The molecule has 33 heavy (non-hydrogen) atoms. The number of H-pyrrole nitrogens is 1. The van der Waals surface area contributed by atoms with Crippen LogP contribution < -0.4 is 9.47 Å². The first kappa shape index (κ1) is 20.5. The Morgan fingerprint density at radius 1 is 1.18 bits per heavy atom. The lowest BCUT2D eigenvalue weighted by Crippen LogP contribution is -2.32. The first-order chi connectivity index (χ1) is 16.2. The van der Waals surface area contributed by atoms with Crippen LogP contribution in [0.15, 0.2) is 49.1 Å². The third-order valence-electron chi connectivity index (χ3n) is 5.89. The second-order valence-electron chi connectivity index (χ2n) is 8.06. The Morgan fingerprint density at radius 2 is 2.09 bits per heavy atom. The molecule has 2 aliphatic heterocycles. The summed E-state index contributed by atoms with van der Waals surface area (Å²) in [5.41, 5.74) is 2.77. The lowest BCUT2D eigenvalue weighted by atomic mass is 10.1. The fourth-order valence-electron chi connectivity index (χ4n) is 4.23. The quantitative estimate of drug-likeness (QED) is 0.444. The number of imidazole rings is 2. The zero-order valence-electron chi connectivity index (χ0n) is 17.7. The number of rotatable bonds is 7. The summed E-state index contributed by atoms with van der Waals surface area (Å²) in [7, 11) is 0. The molecular weight excluding hydrogens is 446 g/mol. The first-order valence-corrected chi connectivity index (χ1v) is 11.3. The smallest absolute Gasteiger partial charge is 0.296 e. The van der Waals surface area contributed by atoms with Crippen LogP contribution in [0.25, 0.3) is 22.4 Å². The van der Waals surface area contributed by atoms with Gasteiger partial charge in [0.25, 0.3) is 6.01 Å². The second-order valence-corrected chi connectivity index (χ2v) is 8.46. The van der Waals surface area contributed by atoms with Crippen LogP contribution >= 0.6 is 11.6 Å². The van der Waals surface area contributed by atoms with E-state index in [2.05, 4.69) is 19.9 Å². The Bertz CT molecular complexity index is 1240. The van der Waals surface area contributed by atoms with E-state index in [0.29, 0.717) is 47.7 Å². The van der Waals surface area contributed by atoms with Gasteiger partial charge in [0.15, 0.2) is 11.8 Å². The summed E-state index contributed by atoms with van der Waals surface area (Å²) in [6.07, 6.45) is 6.20. The minimum absolute atomic E-state index is 0.0500. The molecule has 3 aromatic heterocycles. The zero-order chi connectivity index (χ0) is 22.2. The molecule has 0 spiro atoms. The minimum Gasteiger partial charge on any atom is -0.492 e. The number of fused-ring (bicyclic) bond motifs is 2. The van der Waals surface area contributed by atoms with Crippen molar-refractivity contribution < 1.29 is 18.9 Å². The van der Waals surface area contributed by atoms with E-state index in [4.69, 9.17) is 30.5 Å². The highest BCUT2D eigenvalue weighted by molar-refractivity contribution is 6.33. The molecule has 3 unspecified atom stereocenters. The van der Waals surface area contributed by atoms with Crippen molar-refractivity contribution in [2.45, 2.75) is 31.3 Å². The zero-order valence-corrected chi connectivity index (χ0v) is 18.4. The predicted octanol–water partition coefficient (Wildman–Crippen LogP) is 3.49. The number of halogens is 1. The van der Waals surface area contributed by atoms with Gasteiger partial charge in [-0.25, -0.2) is 9.97 Å². The first-order valence-electron chi connectivity index (χ1n) is 10.9. The average Bonchev–Trinajstić information content (AvgIpc) is 3.60. The molecule has 0 bridgehead atoms. The van der Waals surface area contributed by atoms with Crippen molar-refractivity contribution in [1.82, 2.24) is 24.5 Å². The molecule has 6 rings (SSSR count). The Morgan fingerprint density at radius 3 is 2.94 bits per heavy atom. The van der Waals surface area contributed by atoms with Crippen LogP contribution in [0.2, 0.25) is 5.02 Å². The highest BCUT2D eigenvalue weighted by atomic mass is 35.5. The molecule has 1 aromatic carbocycles. The number of nitrogens with zero attached hydrogens (tertiary/aromatic N) is 4. The van der Waals surface area contributed by atoms with Crippen molar-refractivity contribution in [2.75, 3.05) is 19.8 Å². The van der Waals surface area contributed by atoms with Gasteiger partial charge in [-0.2, -0.15) is 4.98 Å². The minimum atomic E-state index is -0.186. The topological polar surface area (TPSA) is 96.3 Å². The van der Waals surface area contributed by atoms with E-state index >= 15 is 0 Å². The molecule has 10 heteroatoms. The van der Waals surface area contributed by atoms with Gasteiger partial charge in [-0.05, 0) is 36.8 Å². The molecule has 170 valence electrons. The molecule has 0 aliphatic carbocycles. The summed E-state index contributed by atoms with van der Waals surface area (Å²) >= 11 is 6.54. The summed E-state index contributed by atoms with van der Waals surface area (Å²) in [4.78, 5) is 16.3. The number of hydrogen-bond donors (Lipinski definition) is 1. The van der Waals surface area contributed by atoms with Gasteiger partial charge in [0.2, 0.25) is 0 Å². The Hall–Kier alpha value is -3.14. The van der Waals surface area contributed by atoms with Crippen LogP contribution in [0.3, 0.4) is 0 Å². The highest BCUT2D eigenvalue weighted by Crippen LogP contribution is 2.32. The average molecular weight is 468 g/mol. The molecule has 5 heterocycles. The molecule has 0 radical (unpaired) electrons. The van der Waals surface area contributed by atoms with Crippen LogP contribution in [0.5, 0.6) is 11.8 Å². The number of aromatic amines is 1. The van der Waals surface area contributed by atoms with E-state index in [9.17, 15) is 0 Å². The maximum atomic E-state index is 6.54. The normalized spacial score (nSPS) is 22.0. The third kappa shape index (κ3) is 4.15. The van der Waals surface area contributed by atoms with Gasteiger partial charge in [-0.15, -0.1) is 0 Å². The maximum absolute atomic E-state index is 6.54. The van der Waals surface area contributed by atoms with Crippen molar-refractivity contribution in [2.24, 2.45) is 0 Å². The SMILES string of the molecule is Clc1cc2[nH]c(OC3COC4CCOC43)nc2nc1-c1ccc(OCCn2ccnc2)cc1. The molecular formula is C23H22ClN5O4. The summed E-state index contributed by atoms with van der Waals surface area (Å²) in [5, 5.41) is 0.523. The monoisotopic (exact) mass is 467 g/mol. The van der Waals surface area contributed by atoms with Gasteiger partial charge in [0.1, 0.15) is 18.5 Å². The summed E-state index contributed by atoms with van der Waals surface area (Å²) in [5.74, 6) is 0.776. The number of benzene rings is 1. The van der Waals surface area contributed by atoms with Crippen molar-refractivity contribution in [1.29, 1.82) is 0 Å². The molecule has 0 amide bonds. The van der Waals surface area contributed by atoms with Crippen LogP contribution in [-0.4, -0.2) is 62.6 Å². The van der Waals surface area contributed by atoms with Crippen LogP contribution in [-0.2, 0) is 16.0 Å². The predicted molar refractivity (Wildman–Crippen MR) is 121 cm³/mol. The number of nitrogens with one attached hydrogen (secondary N) is 1. The Labute approximate surface area is 194 Å². The summed E-state index contributed by atoms with van der Waals surface area (Å²) in [6.45, 7) is 2.47. The largest absolute Gasteiger partial charge is 0.492 e. The lowest BCUT2D eigenvalue weighted by molar-refractivity contribution is 0.0273. The van der Waals surface area contributed by atoms with Gasteiger partial charge in [0.05, 0.1) is 41.8 Å². The lowest BCUT2D eigenvalue weighted by Gasteiger charge is -2.15. The molecule has 2 aliphatic rings. The van der Waals surface area contributed by atoms with E-state index < -0.39 is 0 Å². The number of aromatic nitrogens is 5. The number of hydrogen-bond acceptors (Lipinski definition) is 7. The summed E-state index contributed by atoms with van der Waals surface area (Å²) < 4.78 is 25.3. The van der Waals surface area contributed by atoms with Crippen LogP contribution in [0, 0.1) is 0 Å². The standard InChI is InChI=1S/C23H22ClN5O4/c24-16-11-17-22(28-23(26-17)33-19-12-32-18-5-9-31-21(18)19)27-20(16)14-1-3-15(4-2-14)30-10-8-29-7-6-25-13-29/h1-4,6-7,11,13,18-19,21H,5,8-10,12H2,(H,26,27,28). The van der Waals surface area contributed by atoms with Gasteiger partial charge < -0.3 is 28.5 Å². The van der Waals surface area contributed by atoms with Crippen molar-refractivity contribution >= 4 is 22.8 Å². The van der Waals surface area contributed by atoms with Gasteiger partial charge >= 0.3 is 0 Å². The summed E-state index contributed by atoms with van der Waals surface area (Å²) in [6, 6.07) is 9.88. The second kappa shape index (κ2) is 8.66. The van der Waals surface area contributed by atoms with Gasteiger partial charge in [0, 0.05) is 24.6 Å². The highest BCUT2D eigenvalue weighted by Gasteiger charge is 2.43. The maximum Gasteiger partial charge on any atom is 0.296 e. The molecule has 1 N–H and O–H groups in total. The molecule has 2 fully saturated rings. The molecule has 9 nitrogen and oxygen atoms in total. The van der Waals surface area contributed by atoms with E-state index in [-0.39, 0.29) is 18.3 Å². The van der Waals surface area contributed by atoms with Crippen LogP contribution in [0.1, 0.15) is 6.42 Å². The fraction of sp³-hybridized carbons (Fsp3) is 0.348. The van der Waals surface area contributed by atoms with E-state index in [0.717, 1.165) is 24.3 Å². The number of ether oxygens (including phenoxy) is 4. The van der Waals surface area contributed by atoms with Gasteiger partial charge in [-0.3, -0.25) is 0 Å². The van der Waals surface area contributed by atoms with E-state index in [1.165, 1.54) is 0 Å². The Kier molecular flexibility index (Phi) is 5.37. The molecule has 4 aromatic rings. The van der Waals surface area contributed by atoms with E-state index in [1.54, 1.807) is 12.5 Å². The molecule has 3 atom stereocenters.